The van der Waals surface area contributed by atoms with Crippen LogP contribution in [0, 0.1) is 29.1 Å². The maximum Gasteiger partial charge on any atom is 0.426 e. The molecule has 11 heteroatoms. The standard InChI is InChI=1S/C19H26F6O5/c1-16(2,8-14(26)29-3)15(27)30-9-12-5-10-4-11(13(12)6-10)7-17(28,18(20,21)22)19(23,24)25/h10-13,28H,4-9H2,1-3H3/t10-,11?,12?,13?/m0/s1. The summed E-state index contributed by atoms with van der Waals surface area (Å²) < 4.78 is 88.0. The molecule has 0 aromatic carbocycles. The maximum absolute atomic E-state index is 13.0. The number of carbonyl (C=O) groups excluding carboxylic acids is 2. The summed E-state index contributed by atoms with van der Waals surface area (Å²) in [4.78, 5) is 23.7. The molecule has 2 aliphatic carbocycles. The number of rotatable bonds is 7. The molecule has 5 nitrogen and oxygen atoms in total. The zero-order valence-electron chi connectivity index (χ0n) is 16.9. The Bertz CT molecular complexity index is 643. The molecule has 0 aromatic rings. The van der Waals surface area contributed by atoms with Crippen LogP contribution in [0.5, 0.6) is 0 Å². The molecule has 0 aromatic heterocycles. The van der Waals surface area contributed by atoms with Gasteiger partial charge in [0.05, 0.1) is 25.6 Å². The van der Waals surface area contributed by atoms with Gasteiger partial charge < -0.3 is 14.6 Å². The second-order valence-corrected chi connectivity index (χ2v) is 9.05. The molecular weight excluding hydrogens is 422 g/mol. The summed E-state index contributed by atoms with van der Waals surface area (Å²) in [5.41, 5.74) is -5.95. The van der Waals surface area contributed by atoms with Crippen molar-refractivity contribution >= 4 is 11.9 Å². The van der Waals surface area contributed by atoms with Gasteiger partial charge in [0.15, 0.2) is 0 Å². The minimum atomic E-state index is -5.84. The minimum Gasteiger partial charge on any atom is -0.469 e. The second-order valence-electron chi connectivity index (χ2n) is 9.05. The molecule has 0 saturated heterocycles. The topological polar surface area (TPSA) is 72.8 Å². The predicted octanol–water partition coefficient (Wildman–Crippen LogP) is 4.03. The van der Waals surface area contributed by atoms with Crippen molar-refractivity contribution in [1.29, 1.82) is 0 Å². The van der Waals surface area contributed by atoms with Gasteiger partial charge in [-0.2, -0.15) is 26.3 Å². The van der Waals surface area contributed by atoms with E-state index in [-0.39, 0.29) is 25.4 Å². The van der Waals surface area contributed by atoms with E-state index in [1.54, 1.807) is 0 Å². The molecule has 0 amide bonds. The molecule has 0 heterocycles. The number of methoxy groups -OCH3 is 1. The molecular formula is C19H26F6O5. The zero-order chi connectivity index (χ0) is 23.1. The van der Waals surface area contributed by atoms with Gasteiger partial charge in [-0.25, -0.2) is 0 Å². The maximum atomic E-state index is 13.0. The summed E-state index contributed by atoms with van der Waals surface area (Å²) >= 11 is 0. The summed E-state index contributed by atoms with van der Waals surface area (Å²) in [6, 6.07) is 0. The van der Waals surface area contributed by atoms with Crippen molar-refractivity contribution in [3.05, 3.63) is 0 Å². The quantitative estimate of drug-likeness (QED) is 0.470. The van der Waals surface area contributed by atoms with Gasteiger partial charge in [-0.3, -0.25) is 9.59 Å². The Kier molecular flexibility index (Phi) is 6.76. The number of aliphatic hydroxyl groups is 1. The fourth-order valence-corrected chi connectivity index (χ4v) is 4.73. The van der Waals surface area contributed by atoms with Gasteiger partial charge >= 0.3 is 24.3 Å². The number of alkyl halides is 6. The Morgan fingerprint density at radius 1 is 0.967 bits per heavy atom. The van der Waals surface area contributed by atoms with Crippen LogP contribution in [0.15, 0.2) is 0 Å². The Labute approximate surface area is 170 Å². The van der Waals surface area contributed by atoms with E-state index in [4.69, 9.17) is 4.74 Å². The Morgan fingerprint density at radius 3 is 1.97 bits per heavy atom. The highest BCUT2D eigenvalue weighted by atomic mass is 19.4. The van der Waals surface area contributed by atoms with Gasteiger partial charge in [-0.15, -0.1) is 0 Å². The molecule has 1 N–H and O–H groups in total. The first-order valence-corrected chi connectivity index (χ1v) is 9.61. The molecule has 2 aliphatic rings. The minimum absolute atomic E-state index is 0.0718. The fraction of sp³-hybridized carbons (Fsp3) is 0.895. The van der Waals surface area contributed by atoms with E-state index >= 15 is 0 Å². The molecule has 2 rings (SSSR count). The molecule has 4 atom stereocenters. The van der Waals surface area contributed by atoms with Gasteiger partial charge in [0.25, 0.3) is 5.60 Å². The largest absolute Gasteiger partial charge is 0.469 e. The highest BCUT2D eigenvalue weighted by Crippen LogP contribution is 2.57. The zero-order valence-corrected chi connectivity index (χ0v) is 16.9. The van der Waals surface area contributed by atoms with E-state index in [0.717, 1.165) is 0 Å². The molecule has 30 heavy (non-hydrogen) atoms. The summed E-state index contributed by atoms with van der Waals surface area (Å²) in [5, 5.41) is 9.51. The molecule has 2 fully saturated rings. The molecule has 0 radical (unpaired) electrons. The van der Waals surface area contributed by atoms with Crippen molar-refractivity contribution in [3.8, 4) is 0 Å². The summed E-state index contributed by atoms with van der Waals surface area (Å²) in [5.74, 6) is -3.27. The van der Waals surface area contributed by atoms with Crippen LogP contribution in [-0.4, -0.2) is 48.7 Å². The van der Waals surface area contributed by atoms with Crippen molar-refractivity contribution in [3.63, 3.8) is 0 Å². The lowest BCUT2D eigenvalue weighted by Gasteiger charge is -2.38. The van der Waals surface area contributed by atoms with E-state index in [1.165, 1.54) is 21.0 Å². The van der Waals surface area contributed by atoms with E-state index < -0.39 is 59.5 Å². The van der Waals surface area contributed by atoms with Gasteiger partial charge in [-0.05, 0) is 63.2 Å². The van der Waals surface area contributed by atoms with Crippen molar-refractivity contribution in [1.82, 2.24) is 0 Å². The average Bonchev–Trinajstić information content (AvgIpc) is 3.16. The van der Waals surface area contributed by atoms with Gasteiger partial charge in [-0.1, -0.05) is 0 Å². The first kappa shape index (κ1) is 24.7. The van der Waals surface area contributed by atoms with E-state index in [0.29, 0.717) is 12.8 Å². The van der Waals surface area contributed by atoms with Crippen molar-refractivity contribution < 1.29 is 50.5 Å². The number of esters is 2. The first-order valence-electron chi connectivity index (χ1n) is 9.61. The van der Waals surface area contributed by atoms with Gasteiger partial charge in [0, 0.05) is 0 Å². The molecule has 2 saturated carbocycles. The third-order valence-electron chi connectivity index (χ3n) is 6.38. The van der Waals surface area contributed by atoms with E-state index in [9.17, 15) is 41.0 Å². The van der Waals surface area contributed by atoms with Gasteiger partial charge in [0.1, 0.15) is 0 Å². The SMILES string of the molecule is COC(=O)CC(C)(C)C(=O)OCC1C[C@@H]2CC(CC(O)(C(F)(F)F)C(F)(F)F)C1C2. The van der Waals surface area contributed by atoms with Crippen molar-refractivity contribution in [2.75, 3.05) is 13.7 Å². The average molecular weight is 448 g/mol. The van der Waals surface area contributed by atoms with E-state index in [2.05, 4.69) is 4.74 Å². The Hall–Kier alpha value is -1.52. The van der Waals surface area contributed by atoms with Crippen LogP contribution in [0.1, 0.15) is 46.0 Å². The normalized spacial score (nSPS) is 27.3. The van der Waals surface area contributed by atoms with Crippen LogP contribution < -0.4 is 0 Å². The molecule has 3 unspecified atom stereocenters. The van der Waals surface area contributed by atoms with Crippen LogP contribution in [-0.2, 0) is 19.1 Å². The summed E-state index contributed by atoms with van der Waals surface area (Å²) in [6.45, 7) is 2.79. The van der Waals surface area contributed by atoms with Gasteiger partial charge in [0.2, 0.25) is 0 Å². The second kappa shape index (κ2) is 8.20. The molecule has 174 valence electrons. The summed E-state index contributed by atoms with van der Waals surface area (Å²) in [7, 11) is 1.17. The molecule has 2 bridgehead atoms. The lowest BCUT2D eigenvalue weighted by molar-refractivity contribution is -0.373. The predicted molar refractivity (Wildman–Crippen MR) is 90.9 cm³/mol. The van der Waals surface area contributed by atoms with Crippen LogP contribution in [0.4, 0.5) is 26.3 Å². The molecule has 0 spiro atoms. The van der Waals surface area contributed by atoms with Crippen molar-refractivity contribution in [2.45, 2.75) is 63.9 Å². The Morgan fingerprint density at radius 2 is 1.50 bits per heavy atom. The van der Waals surface area contributed by atoms with Crippen LogP contribution in [0.3, 0.4) is 0 Å². The number of fused-ring (bicyclic) bond motifs is 2. The highest BCUT2D eigenvalue weighted by molar-refractivity contribution is 5.82. The first-order chi connectivity index (χ1) is 13.5. The number of hydrogen-bond acceptors (Lipinski definition) is 5. The Balaban J connectivity index is 2.03. The number of hydrogen-bond donors (Lipinski definition) is 1. The van der Waals surface area contributed by atoms with Crippen LogP contribution in [0.25, 0.3) is 0 Å². The molecule has 0 aliphatic heterocycles. The van der Waals surface area contributed by atoms with Crippen LogP contribution >= 0.6 is 0 Å². The lowest BCUT2D eigenvalue weighted by Crippen LogP contribution is -2.58. The summed E-state index contributed by atoms with van der Waals surface area (Å²) in [6.07, 6.45) is -12.2. The number of carbonyl (C=O) groups is 2. The monoisotopic (exact) mass is 448 g/mol. The van der Waals surface area contributed by atoms with Crippen LogP contribution in [0.2, 0.25) is 0 Å². The smallest absolute Gasteiger partial charge is 0.426 e. The van der Waals surface area contributed by atoms with E-state index in [1.807, 2.05) is 0 Å². The third kappa shape index (κ3) is 4.86. The van der Waals surface area contributed by atoms with Crippen molar-refractivity contribution in [2.24, 2.45) is 29.1 Å². The highest BCUT2D eigenvalue weighted by Gasteiger charge is 2.71. The number of halogens is 6. The lowest BCUT2D eigenvalue weighted by atomic mass is 9.75. The fourth-order valence-electron chi connectivity index (χ4n) is 4.73. The number of ether oxygens (including phenoxy) is 2. The third-order valence-corrected chi connectivity index (χ3v) is 6.38.